The van der Waals surface area contributed by atoms with Crippen molar-refractivity contribution >= 4 is 28.7 Å². The molecule has 0 amide bonds. The van der Waals surface area contributed by atoms with E-state index in [1.807, 2.05) is 6.92 Å². The molecule has 0 spiro atoms. The first-order chi connectivity index (χ1) is 10.1. The van der Waals surface area contributed by atoms with Crippen LogP contribution in [0.3, 0.4) is 0 Å². The van der Waals surface area contributed by atoms with Gasteiger partial charge in [0.2, 0.25) is 0 Å². The van der Waals surface area contributed by atoms with E-state index in [-0.39, 0.29) is 5.82 Å². The van der Waals surface area contributed by atoms with Crippen molar-refractivity contribution in [3.63, 3.8) is 0 Å². The van der Waals surface area contributed by atoms with Crippen molar-refractivity contribution in [1.82, 2.24) is 19.5 Å². The van der Waals surface area contributed by atoms with Crippen LogP contribution in [0.2, 0.25) is 0 Å². The highest BCUT2D eigenvalue weighted by Crippen LogP contribution is 2.33. The Morgan fingerprint density at radius 1 is 1.33 bits per heavy atom. The van der Waals surface area contributed by atoms with Crippen molar-refractivity contribution in [3.05, 3.63) is 12.7 Å². The molecule has 0 aromatic carbocycles. The number of thioether (sulfide) groups is 1. The molecule has 2 aromatic rings. The SMILES string of the molecule is CCSC[C@H]1O[C@@H](n2cnc3c(N)ncnc32)[C@H](O)[C@@H]1O. The molecule has 2 aromatic heterocycles. The maximum absolute atomic E-state index is 10.2. The van der Waals surface area contributed by atoms with E-state index in [1.165, 1.54) is 12.7 Å². The smallest absolute Gasteiger partial charge is 0.167 e. The number of fused-ring (bicyclic) bond motifs is 1. The van der Waals surface area contributed by atoms with E-state index in [9.17, 15) is 10.2 Å². The Labute approximate surface area is 125 Å². The number of hydrogen-bond donors (Lipinski definition) is 3. The number of nitrogen functional groups attached to an aromatic ring is 1. The highest BCUT2D eigenvalue weighted by atomic mass is 32.2. The quantitative estimate of drug-likeness (QED) is 0.709. The predicted octanol–water partition coefficient (Wildman–Crippen LogP) is -0.219. The number of anilines is 1. The van der Waals surface area contributed by atoms with Crippen LogP contribution in [-0.4, -0.2) is 59.5 Å². The minimum absolute atomic E-state index is 0.268. The predicted molar refractivity (Wildman–Crippen MR) is 78.7 cm³/mol. The first-order valence-electron chi connectivity index (χ1n) is 6.65. The standard InChI is InChI=1S/C12H17N5O3S/c1-2-21-3-6-8(18)9(19)12(20-6)17-5-16-7-10(13)14-4-15-11(7)17/h4-6,8-9,12,18-19H,2-3H2,1H3,(H2,13,14,15)/t6-,8-,9-,12-/m1/s1. The molecule has 1 saturated heterocycles. The molecule has 1 aliphatic rings. The molecule has 4 atom stereocenters. The molecule has 0 unspecified atom stereocenters. The third-order valence-corrected chi connectivity index (χ3v) is 4.46. The number of aliphatic hydroxyl groups is 2. The maximum Gasteiger partial charge on any atom is 0.167 e. The molecule has 21 heavy (non-hydrogen) atoms. The van der Waals surface area contributed by atoms with Crippen molar-refractivity contribution in [3.8, 4) is 0 Å². The number of aliphatic hydroxyl groups excluding tert-OH is 2. The Morgan fingerprint density at radius 2 is 2.14 bits per heavy atom. The number of aromatic nitrogens is 4. The number of hydrogen-bond acceptors (Lipinski definition) is 8. The molecule has 0 aliphatic carbocycles. The summed E-state index contributed by atoms with van der Waals surface area (Å²) >= 11 is 1.65. The van der Waals surface area contributed by atoms with Crippen LogP contribution in [0.5, 0.6) is 0 Å². The highest BCUT2D eigenvalue weighted by molar-refractivity contribution is 7.99. The second kappa shape index (κ2) is 5.76. The Bertz CT molecular complexity index is 636. The van der Waals surface area contributed by atoms with Crippen molar-refractivity contribution < 1.29 is 14.9 Å². The number of nitrogens with two attached hydrogens (primary N) is 1. The van der Waals surface area contributed by atoms with Crippen LogP contribution < -0.4 is 5.73 Å². The van der Waals surface area contributed by atoms with E-state index < -0.39 is 24.5 Å². The molecular formula is C12H17N5O3S. The van der Waals surface area contributed by atoms with Crippen LogP contribution in [0, 0.1) is 0 Å². The molecule has 114 valence electrons. The van der Waals surface area contributed by atoms with Gasteiger partial charge in [0.05, 0.1) is 12.4 Å². The van der Waals surface area contributed by atoms with Crippen LogP contribution in [0.25, 0.3) is 11.2 Å². The molecule has 9 heteroatoms. The fraction of sp³-hybridized carbons (Fsp3) is 0.583. The lowest BCUT2D eigenvalue weighted by molar-refractivity contribution is -0.0288. The molecule has 1 fully saturated rings. The molecule has 1 aliphatic heterocycles. The van der Waals surface area contributed by atoms with Gasteiger partial charge in [-0.1, -0.05) is 6.92 Å². The first kappa shape index (κ1) is 14.5. The zero-order valence-corrected chi connectivity index (χ0v) is 12.3. The van der Waals surface area contributed by atoms with Gasteiger partial charge in [-0.3, -0.25) is 4.57 Å². The molecular weight excluding hydrogens is 294 g/mol. The van der Waals surface area contributed by atoms with Gasteiger partial charge < -0.3 is 20.7 Å². The van der Waals surface area contributed by atoms with E-state index in [1.54, 1.807) is 16.3 Å². The van der Waals surface area contributed by atoms with E-state index in [0.29, 0.717) is 16.9 Å². The normalized spacial score (nSPS) is 29.3. The average Bonchev–Trinajstić information content (AvgIpc) is 3.02. The zero-order valence-electron chi connectivity index (χ0n) is 11.5. The van der Waals surface area contributed by atoms with E-state index >= 15 is 0 Å². The first-order valence-corrected chi connectivity index (χ1v) is 7.81. The molecule has 3 heterocycles. The second-order valence-corrected chi connectivity index (χ2v) is 6.11. The third kappa shape index (κ3) is 2.46. The summed E-state index contributed by atoms with van der Waals surface area (Å²) in [6, 6.07) is 0. The summed E-state index contributed by atoms with van der Waals surface area (Å²) in [7, 11) is 0. The Morgan fingerprint density at radius 3 is 2.90 bits per heavy atom. The summed E-state index contributed by atoms with van der Waals surface area (Å²) in [6.07, 6.45) is -0.316. The van der Waals surface area contributed by atoms with Crippen LogP contribution in [0.15, 0.2) is 12.7 Å². The van der Waals surface area contributed by atoms with E-state index in [4.69, 9.17) is 10.5 Å². The van der Waals surface area contributed by atoms with Gasteiger partial charge in [0.1, 0.15) is 24.1 Å². The van der Waals surface area contributed by atoms with Crippen LogP contribution >= 0.6 is 11.8 Å². The van der Waals surface area contributed by atoms with Gasteiger partial charge in [-0.2, -0.15) is 11.8 Å². The largest absolute Gasteiger partial charge is 0.387 e. The van der Waals surface area contributed by atoms with Crippen molar-refractivity contribution in [2.75, 3.05) is 17.2 Å². The molecule has 0 bridgehead atoms. The summed E-state index contributed by atoms with van der Waals surface area (Å²) in [5.74, 6) is 1.81. The second-order valence-electron chi connectivity index (χ2n) is 4.79. The lowest BCUT2D eigenvalue weighted by atomic mass is 10.1. The summed E-state index contributed by atoms with van der Waals surface area (Å²) in [4.78, 5) is 12.1. The molecule has 0 saturated carbocycles. The van der Waals surface area contributed by atoms with Gasteiger partial charge in [-0.15, -0.1) is 0 Å². The lowest BCUT2D eigenvalue weighted by Crippen LogP contribution is -2.32. The average molecular weight is 311 g/mol. The summed E-state index contributed by atoms with van der Waals surface area (Å²) in [5.41, 5.74) is 6.67. The minimum atomic E-state index is -1.04. The fourth-order valence-corrected chi connectivity index (χ4v) is 3.13. The van der Waals surface area contributed by atoms with Gasteiger partial charge in [-0.25, -0.2) is 15.0 Å². The number of ether oxygens (including phenoxy) is 1. The summed E-state index contributed by atoms with van der Waals surface area (Å²) in [6.45, 7) is 2.03. The number of imidazole rings is 1. The van der Waals surface area contributed by atoms with Gasteiger partial charge in [0.25, 0.3) is 0 Å². The van der Waals surface area contributed by atoms with Gasteiger partial charge in [0.15, 0.2) is 17.7 Å². The summed E-state index contributed by atoms with van der Waals surface area (Å²) < 4.78 is 7.36. The van der Waals surface area contributed by atoms with E-state index in [0.717, 1.165) is 5.75 Å². The van der Waals surface area contributed by atoms with Gasteiger partial charge in [0, 0.05) is 5.75 Å². The van der Waals surface area contributed by atoms with Crippen LogP contribution in [0.1, 0.15) is 13.2 Å². The molecule has 0 radical (unpaired) electrons. The third-order valence-electron chi connectivity index (χ3n) is 3.48. The van der Waals surface area contributed by atoms with E-state index in [2.05, 4.69) is 15.0 Å². The Hall–Kier alpha value is -1.42. The van der Waals surface area contributed by atoms with Crippen LogP contribution in [0.4, 0.5) is 5.82 Å². The van der Waals surface area contributed by atoms with Crippen molar-refractivity contribution in [1.29, 1.82) is 0 Å². The zero-order chi connectivity index (χ0) is 15.0. The Balaban J connectivity index is 1.90. The van der Waals surface area contributed by atoms with Gasteiger partial charge in [-0.05, 0) is 5.75 Å². The van der Waals surface area contributed by atoms with Crippen molar-refractivity contribution in [2.24, 2.45) is 0 Å². The van der Waals surface area contributed by atoms with Gasteiger partial charge >= 0.3 is 0 Å². The lowest BCUT2D eigenvalue weighted by Gasteiger charge is -2.16. The van der Waals surface area contributed by atoms with Crippen molar-refractivity contribution in [2.45, 2.75) is 31.5 Å². The number of rotatable bonds is 4. The monoisotopic (exact) mass is 311 g/mol. The molecule has 4 N–H and O–H groups in total. The van der Waals surface area contributed by atoms with Crippen LogP contribution in [-0.2, 0) is 4.74 Å². The maximum atomic E-state index is 10.2. The Kier molecular flexibility index (Phi) is 3.98. The molecule has 8 nitrogen and oxygen atoms in total. The fourth-order valence-electron chi connectivity index (χ4n) is 2.39. The minimum Gasteiger partial charge on any atom is -0.387 e. The number of nitrogens with zero attached hydrogens (tertiary/aromatic N) is 4. The molecule has 3 rings (SSSR count). The topological polar surface area (TPSA) is 119 Å². The summed E-state index contributed by atoms with van der Waals surface area (Å²) in [5, 5.41) is 20.3. The highest BCUT2D eigenvalue weighted by Gasteiger charge is 2.44.